The normalized spacial score (nSPS) is 17.2. The van der Waals surface area contributed by atoms with Crippen molar-refractivity contribution >= 4 is 52.7 Å². The van der Waals surface area contributed by atoms with Gasteiger partial charge in [0.25, 0.3) is 0 Å². The quantitative estimate of drug-likeness (QED) is 0.534. The van der Waals surface area contributed by atoms with Gasteiger partial charge in [-0.25, -0.2) is 4.99 Å². The van der Waals surface area contributed by atoms with E-state index in [4.69, 9.17) is 5.41 Å². The standard InChI is InChI=1S/C20H15N5.Mg.2H/c21-19-10-18-9-16-4-3-14(23-16)7-12-1-2-13(22-12)8-15-5-6-17(24-15)11-20(19)25-18;;;/h1-11,21-23,25H;;;/q;+2;2*-1. The van der Waals surface area contributed by atoms with Crippen molar-refractivity contribution in [2.75, 3.05) is 0 Å². The molecule has 6 heteroatoms. The minimum atomic E-state index is 0. The smallest absolute Gasteiger partial charge is 1.00 e. The van der Waals surface area contributed by atoms with Gasteiger partial charge in [-0.15, -0.1) is 0 Å². The van der Waals surface area contributed by atoms with Crippen LogP contribution >= 0.6 is 0 Å². The maximum absolute atomic E-state index is 8.15. The number of H-pyrrole nitrogens is 2. The predicted octanol–water partition coefficient (Wildman–Crippen LogP) is 1.55. The Labute approximate surface area is 169 Å². The topological polar surface area (TPSA) is 79.8 Å². The molecule has 5 rings (SSSR count). The van der Waals surface area contributed by atoms with Crippen LogP contribution in [0, 0.1) is 5.41 Å². The Bertz CT molecular complexity index is 1190. The molecule has 0 fully saturated rings. The molecule has 0 amide bonds. The summed E-state index contributed by atoms with van der Waals surface area (Å²) in [5.41, 5.74) is 5.85. The molecule has 0 saturated heterocycles. The second-order valence-electron chi connectivity index (χ2n) is 6.16. The van der Waals surface area contributed by atoms with Crippen molar-refractivity contribution in [2.45, 2.75) is 0 Å². The molecule has 3 aliphatic rings. The summed E-state index contributed by atoms with van der Waals surface area (Å²) in [5.74, 6) is 0. The molecule has 124 valence electrons. The van der Waals surface area contributed by atoms with E-state index < -0.39 is 0 Å². The summed E-state index contributed by atoms with van der Waals surface area (Å²) in [4.78, 5) is 11.3. The number of rotatable bonds is 0. The van der Waals surface area contributed by atoms with Gasteiger partial charge in [0, 0.05) is 27.8 Å². The van der Waals surface area contributed by atoms with Gasteiger partial charge in [-0.1, -0.05) is 0 Å². The van der Waals surface area contributed by atoms with Crippen LogP contribution in [0.4, 0.5) is 0 Å². The second kappa shape index (κ2) is 6.47. The van der Waals surface area contributed by atoms with E-state index in [0.717, 1.165) is 44.9 Å². The van der Waals surface area contributed by atoms with Gasteiger partial charge in [-0.05, 0) is 66.8 Å². The third-order valence-corrected chi connectivity index (χ3v) is 4.23. The van der Waals surface area contributed by atoms with Crippen LogP contribution in [0.5, 0.6) is 0 Å². The Kier molecular flexibility index (Phi) is 4.14. The molecule has 4 N–H and O–H groups in total. The van der Waals surface area contributed by atoms with Crippen molar-refractivity contribution in [3.63, 3.8) is 0 Å². The van der Waals surface area contributed by atoms with Crippen LogP contribution in [-0.2, 0) is 0 Å². The average molecular weight is 352 g/mol. The number of allylic oxidation sites excluding steroid dienone is 5. The molecule has 0 radical (unpaired) electrons. The molecule has 0 aromatic carbocycles. The van der Waals surface area contributed by atoms with Crippen molar-refractivity contribution in [3.8, 4) is 0 Å². The van der Waals surface area contributed by atoms with Gasteiger partial charge in [0.15, 0.2) is 0 Å². The maximum Gasteiger partial charge on any atom is 2.00 e. The third kappa shape index (κ3) is 3.16. The molecule has 5 heterocycles. The molecule has 26 heavy (non-hydrogen) atoms. The van der Waals surface area contributed by atoms with E-state index in [1.165, 1.54) is 0 Å². The SMILES string of the molecule is N=C1C=C2C=c3ccc([nH]3)=Cc3ccc([nH]3)C=C3C=CC(=N3)C=C1N2.[H-].[H-].[Mg+2]. The number of nitrogens with zero attached hydrogens (tertiary/aromatic N) is 1. The first-order valence-corrected chi connectivity index (χ1v) is 8.07. The number of hydrogen-bond acceptors (Lipinski definition) is 3. The van der Waals surface area contributed by atoms with Gasteiger partial charge in [0.05, 0.1) is 22.8 Å². The molecule has 5 nitrogen and oxygen atoms in total. The number of aromatic amines is 2. The largest absolute Gasteiger partial charge is 2.00 e. The van der Waals surface area contributed by atoms with Gasteiger partial charge in [-0.3, -0.25) is 5.41 Å². The first-order valence-electron chi connectivity index (χ1n) is 8.07. The number of nitrogens with one attached hydrogen (secondary N) is 4. The van der Waals surface area contributed by atoms with Crippen molar-refractivity contribution in [1.29, 1.82) is 5.41 Å². The number of aromatic nitrogens is 2. The van der Waals surface area contributed by atoms with Crippen LogP contribution in [0.15, 0.2) is 70.7 Å². The first kappa shape index (κ1) is 16.6. The molecule has 2 aromatic heterocycles. The fourth-order valence-corrected chi connectivity index (χ4v) is 3.08. The zero-order valence-electron chi connectivity index (χ0n) is 16.0. The summed E-state index contributed by atoms with van der Waals surface area (Å²) in [7, 11) is 0. The van der Waals surface area contributed by atoms with E-state index in [2.05, 4.69) is 26.4 Å². The van der Waals surface area contributed by atoms with E-state index in [9.17, 15) is 0 Å². The van der Waals surface area contributed by atoms with Crippen LogP contribution in [0.3, 0.4) is 0 Å². The Hall–Kier alpha value is -2.83. The van der Waals surface area contributed by atoms with Crippen LogP contribution in [0.1, 0.15) is 14.2 Å². The van der Waals surface area contributed by atoms with Gasteiger partial charge in [-0.2, -0.15) is 0 Å². The van der Waals surface area contributed by atoms with Crippen LogP contribution in [0.2, 0.25) is 0 Å². The molecule has 0 unspecified atom stereocenters. The van der Waals surface area contributed by atoms with Crippen molar-refractivity contribution in [3.05, 3.63) is 87.7 Å². The summed E-state index contributed by atoms with van der Waals surface area (Å²) in [6.07, 6.45) is 13.7. The molecule has 0 spiro atoms. The van der Waals surface area contributed by atoms with Crippen LogP contribution in [0.25, 0.3) is 18.2 Å². The predicted molar refractivity (Wildman–Crippen MR) is 108 cm³/mol. The second-order valence-corrected chi connectivity index (χ2v) is 6.16. The zero-order chi connectivity index (χ0) is 16.8. The van der Waals surface area contributed by atoms with Gasteiger partial charge in [0.2, 0.25) is 0 Å². The van der Waals surface area contributed by atoms with Gasteiger partial charge < -0.3 is 18.1 Å². The summed E-state index contributed by atoms with van der Waals surface area (Å²) >= 11 is 0. The Balaban J connectivity index is 0.000000934. The monoisotopic (exact) mass is 351 g/mol. The molecule has 2 aromatic rings. The molecule has 0 saturated carbocycles. The molecular formula is C20H17MgN5. The molecule has 3 aliphatic heterocycles. The maximum atomic E-state index is 8.15. The number of fused-ring (bicyclic) bond motifs is 7. The fraction of sp³-hybridized carbons (Fsp3) is 0. The summed E-state index contributed by atoms with van der Waals surface area (Å²) in [6, 6.07) is 8.15. The summed E-state index contributed by atoms with van der Waals surface area (Å²) in [6.45, 7) is 0. The fourth-order valence-electron chi connectivity index (χ4n) is 3.08. The summed E-state index contributed by atoms with van der Waals surface area (Å²) < 4.78 is 0. The Morgan fingerprint density at radius 3 is 2.42 bits per heavy atom. The third-order valence-electron chi connectivity index (χ3n) is 4.23. The molecule has 8 bridgehead atoms. The van der Waals surface area contributed by atoms with E-state index >= 15 is 0 Å². The number of aliphatic imine (C=N–C) groups is 1. The van der Waals surface area contributed by atoms with E-state index in [0.29, 0.717) is 5.71 Å². The molecule has 0 aliphatic carbocycles. The Morgan fingerprint density at radius 1 is 0.808 bits per heavy atom. The number of hydrogen-bond donors (Lipinski definition) is 4. The van der Waals surface area contributed by atoms with Gasteiger partial charge in [0.1, 0.15) is 0 Å². The average Bonchev–Trinajstić information content (AvgIpc) is 3.33. The first-order chi connectivity index (χ1) is 12.2. The summed E-state index contributed by atoms with van der Waals surface area (Å²) in [5, 5.41) is 13.4. The molecular weight excluding hydrogens is 335 g/mol. The van der Waals surface area contributed by atoms with Gasteiger partial charge >= 0.3 is 23.1 Å². The minimum Gasteiger partial charge on any atom is -1.00 e. The van der Waals surface area contributed by atoms with Crippen molar-refractivity contribution in [1.82, 2.24) is 15.3 Å². The van der Waals surface area contributed by atoms with Crippen molar-refractivity contribution in [2.24, 2.45) is 4.99 Å². The van der Waals surface area contributed by atoms with E-state index in [-0.39, 0.29) is 25.9 Å². The van der Waals surface area contributed by atoms with Crippen LogP contribution in [-0.4, -0.2) is 44.4 Å². The Morgan fingerprint density at radius 2 is 1.58 bits per heavy atom. The minimum absolute atomic E-state index is 0. The zero-order valence-corrected chi connectivity index (χ0v) is 15.4. The van der Waals surface area contributed by atoms with E-state index in [1.54, 1.807) is 0 Å². The van der Waals surface area contributed by atoms with Crippen molar-refractivity contribution < 1.29 is 2.85 Å². The van der Waals surface area contributed by atoms with Crippen LogP contribution < -0.4 is 16.0 Å². The molecule has 0 atom stereocenters. The van der Waals surface area contributed by atoms with E-state index in [1.807, 2.05) is 60.7 Å².